The SMILES string of the molecule is CCc1ccc(CN2CC[C@](C)(c3cccc(NS(C)(=O)=O)c3)[C@@H](C)C2)cc1. The van der Waals surface area contributed by atoms with Crippen molar-refractivity contribution < 1.29 is 8.42 Å². The number of likely N-dealkylation sites (tertiary alicyclic amines) is 1. The lowest BCUT2D eigenvalue weighted by molar-refractivity contribution is 0.105. The van der Waals surface area contributed by atoms with Crippen molar-refractivity contribution in [3.05, 3.63) is 65.2 Å². The quantitative estimate of drug-likeness (QED) is 0.781. The van der Waals surface area contributed by atoms with E-state index in [0.717, 1.165) is 32.5 Å². The number of nitrogens with zero attached hydrogens (tertiary/aromatic N) is 1. The fourth-order valence-electron chi connectivity index (χ4n) is 4.18. The zero-order valence-electron chi connectivity index (χ0n) is 17.4. The number of hydrogen-bond acceptors (Lipinski definition) is 3. The molecule has 1 saturated heterocycles. The maximum Gasteiger partial charge on any atom is 0.229 e. The molecule has 0 aliphatic carbocycles. The van der Waals surface area contributed by atoms with Gasteiger partial charge in [-0.05, 0) is 59.5 Å². The van der Waals surface area contributed by atoms with E-state index in [1.165, 1.54) is 22.9 Å². The van der Waals surface area contributed by atoms with Crippen LogP contribution in [0.2, 0.25) is 0 Å². The van der Waals surface area contributed by atoms with Crippen LogP contribution >= 0.6 is 0 Å². The van der Waals surface area contributed by atoms with Gasteiger partial charge < -0.3 is 0 Å². The van der Waals surface area contributed by atoms with Crippen molar-refractivity contribution in [3.8, 4) is 0 Å². The molecule has 1 aliphatic heterocycles. The summed E-state index contributed by atoms with van der Waals surface area (Å²) < 4.78 is 25.7. The van der Waals surface area contributed by atoms with Crippen molar-refractivity contribution in [3.63, 3.8) is 0 Å². The van der Waals surface area contributed by atoms with E-state index in [2.05, 4.69) is 60.7 Å². The summed E-state index contributed by atoms with van der Waals surface area (Å²) in [6, 6.07) is 16.8. The highest BCUT2D eigenvalue weighted by atomic mass is 32.2. The topological polar surface area (TPSA) is 49.4 Å². The minimum Gasteiger partial charge on any atom is -0.299 e. The Hall–Kier alpha value is -1.85. The molecule has 4 nitrogen and oxygen atoms in total. The minimum atomic E-state index is -3.26. The summed E-state index contributed by atoms with van der Waals surface area (Å²) in [4.78, 5) is 2.53. The molecule has 2 aromatic rings. The lowest BCUT2D eigenvalue weighted by atomic mass is 9.68. The predicted molar refractivity (Wildman–Crippen MR) is 117 cm³/mol. The third-order valence-corrected chi connectivity index (χ3v) is 6.84. The Morgan fingerprint density at radius 2 is 1.82 bits per heavy atom. The van der Waals surface area contributed by atoms with Crippen molar-refractivity contribution in [2.24, 2.45) is 5.92 Å². The summed E-state index contributed by atoms with van der Waals surface area (Å²) in [7, 11) is -3.26. The number of benzene rings is 2. The van der Waals surface area contributed by atoms with E-state index in [-0.39, 0.29) is 5.41 Å². The van der Waals surface area contributed by atoms with E-state index >= 15 is 0 Å². The first-order chi connectivity index (χ1) is 13.2. The van der Waals surface area contributed by atoms with Crippen LogP contribution in [0.1, 0.15) is 43.9 Å². The Bertz CT molecular complexity index is 908. The Morgan fingerprint density at radius 1 is 1.14 bits per heavy atom. The van der Waals surface area contributed by atoms with Gasteiger partial charge in [-0.25, -0.2) is 8.42 Å². The van der Waals surface area contributed by atoms with Gasteiger partial charge in [0.1, 0.15) is 0 Å². The lowest BCUT2D eigenvalue weighted by Crippen LogP contribution is -2.46. The Labute approximate surface area is 170 Å². The molecule has 0 bridgehead atoms. The second kappa shape index (κ2) is 8.26. The number of sulfonamides is 1. The molecule has 0 aromatic heterocycles. The molecule has 0 spiro atoms. The average molecular weight is 401 g/mol. The number of rotatable bonds is 6. The number of nitrogens with one attached hydrogen (secondary N) is 1. The Balaban J connectivity index is 1.70. The van der Waals surface area contributed by atoms with Crippen LogP contribution in [0.5, 0.6) is 0 Å². The van der Waals surface area contributed by atoms with Gasteiger partial charge in [0.2, 0.25) is 10.0 Å². The molecular weight excluding hydrogens is 368 g/mol. The number of anilines is 1. The van der Waals surface area contributed by atoms with E-state index in [4.69, 9.17) is 0 Å². The molecule has 28 heavy (non-hydrogen) atoms. The second-order valence-electron chi connectivity index (χ2n) is 8.43. The van der Waals surface area contributed by atoms with Crippen molar-refractivity contribution >= 4 is 15.7 Å². The van der Waals surface area contributed by atoms with Gasteiger partial charge in [-0.3, -0.25) is 9.62 Å². The zero-order chi connectivity index (χ0) is 20.4. The van der Waals surface area contributed by atoms with Crippen LogP contribution in [-0.2, 0) is 28.4 Å². The van der Waals surface area contributed by atoms with Crippen molar-refractivity contribution in [1.82, 2.24) is 4.90 Å². The van der Waals surface area contributed by atoms with E-state index in [1.807, 2.05) is 18.2 Å². The van der Waals surface area contributed by atoms with Crippen LogP contribution in [-0.4, -0.2) is 32.7 Å². The van der Waals surface area contributed by atoms with Crippen molar-refractivity contribution in [2.75, 3.05) is 24.1 Å². The van der Waals surface area contributed by atoms with Gasteiger partial charge in [-0.15, -0.1) is 0 Å². The predicted octanol–water partition coefficient (Wildman–Crippen LogP) is 4.42. The Kier molecular flexibility index (Phi) is 6.15. The van der Waals surface area contributed by atoms with Crippen LogP contribution in [0.4, 0.5) is 5.69 Å². The second-order valence-corrected chi connectivity index (χ2v) is 10.2. The smallest absolute Gasteiger partial charge is 0.229 e. The Morgan fingerprint density at radius 3 is 2.43 bits per heavy atom. The maximum absolute atomic E-state index is 11.6. The molecule has 2 aromatic carbocycles. The average Bonchev–Trinajstić information content (AvgIpc) is 2.64. The number of piperidine rings is 1. The summed E-state index contributed by atoms with van der Waals surface area (Å²) in [5.41, 5.74) is 4.64. The summed E-state index contributed by atoms with van der Waals surface area (Å²) in [6.07, 6.45) is 3.33. The molecule has 0 saturated carbocycles. The van der Waals surface area contributed by atoms with Crippen LogP contribution in [0.15, 0.2) is 48.5 Å². The molecule has 1 fully saturated rings. The fraction of sp³-hybridized carbons (Fsp3) is 0.478. The fourth-order valence-corrected chi connectivity index (χ4v) is 4.73. The molecular formula is C23H32N2O2S. The lowest BCUT2D eigenvalue weighted by Gasteiger charge is -2.45. The number of hydrogen-bond donors (Lipinski definition) is 1. The first kappa shape index (κ1) is 20.9. The molecule has 1 aliphatic rings. The van der Waals surface area contributed by atoms with Gasteiger partial charge in [0, 0.05) is 18.8 Å². The van der Waals surface area contributed by atoms with Crippen LogP contribution in [0.3, 0.4) is 0 Å². The third kappa shape index (κ3) is 4.95. The van der Waals surface area contributed by atoms with Gasteiger partial charge in [0.05, 0.1) is 6.26 Å². The first-order valence-corrected chi connectivity index (χ1v) is 12.0. The monoisotopic (exact) mass is 400 g/mol. The normalized spacial score (nSPS) is 23.5. The maximum atomic E-state index is 11.6. The largest absolute Gasteiger partial charge is 0.299 e. The molecule has 2 atom stereocenters. The molecule has 5 heteroatoms. The highest BCUT2D eigenvalue weighted by molar-refractivity contribution is 7.92. The summed E-state index contributed by atoms with van der Waals surface area (Å²) in [5.74, 6) is 0.477. The molecule has 1 heterocycles. The van der Waals surface area contributed by atoms with E-state index < -0.39 is 10.0 Å². The zero-order valence-corrected chi connectivity index (χ0v) is 18.2. The third-order valence-electron chi connectivity index (χ3n) is 6.23. The van der Waals surface area contributed by atoms with Gasteiger partial charge in [-0.1, -0.05) is 57.2 Å². The van der Waals surface area contributed by atoms with Crippen LogP contribution < -0.4 is 4.72 Å². The van der Waals surface area contributed by atoms with Gasteiger partial charge in [0.15, 0.2) is 0 Å². The van der Waals surface area contributed by atoms with E-state index in [9.17, 15) is 8.42 Å². The molecule has 3 rings (SSSR count). The number of aryl methyl sites for hydroxylation is 1. The highest BCUT2D eigenvalue weighted by Crippen LogP contribution is 2.40. The summed E-state index contributed by atoms with van der Waals surface area (Å²) >= 11 is 0. The minimum absolute atomic E-state index is 0.0394. The molecule has 1 N–H and O–H groups in total. The van der Waals surface area contributed by atoms with Crippen LogP contribution in [0.25, 0.3) is 0 Å². The first-order valence-electron chi connectivity index (χ1n) is 10.1. The molecule has 152 valence electrons. The van der Waals surface area contributed by atoms with Gasteiger partial charge >= 0.3 is 0 Å². The molecule has 0 radical (unpaired) electrons. The van der Waals surface area contributed by atoms with E-state index in [0.29, 0.717) is 11.6 Å². The van der Waals surface area contributed by atoms with Crippen molar-refractivity contribution in [1.29, 1.82) is 0 Å². The van der Waals surface area contributed by atoms with Gasteiger partial charge in [0.25, 0.3) is 0 Å². The summed E-state index contributed by atoms with van der Waals surface area (Å²) in [5, 5.41) is 0. The summed E-state index contributed by atoms with van der Waals surface area (Å²) in [6.45, 7) is 9.87. The van der Waals surface area contributed by atoms with Crippen molar-refractivity contribution in [2.45, 2.75) is 45.6 Å². The standard InChI is InChI=1S/C23H32N2O2S/c1-5-19-9-11-20(12-10-19)17-25-14-13-23(3,18(2)16-25)21-7-6-8-22(15-21)24-28(4,26)27/h6-12,15,18,24H,5,13-14,16-17H2,1-4H3/t18-,23-/m0/s1. The highest BCUT2D eigenvalue weighted by Gasteiger charge is 2.38. The van der Waals surface area contributed by atoms with Gasteiger partial charge in [-0.2, -0.15) is 0 Å². The molecule has 0 amide bonds. The molecule has 0 unspecified atom stereocenters. The van der Waals surface area contributed by atoms with Crippen LogP contribution in [0, 0.1) is 5.92 Å². The van der Waals surface area contributed by atoms with E-state index in [1.54, 1.807) is 0 Å².